The lowest BCUT2D eigenvalue weighted by Crippen LogP contribution is -2.48. The molecule has 0 unspecified atom stereocenters. The Morgan fingerprint density at radius 2 is 1.95 bits per heavy atom. The highest BCUT2D eigenvalue weighted by Crippen LogP contribution is 2.14. The normalized spacial score (nSPS) is 15.0. The van der Waals surface area contributed by atoms with E-state index in [9.17, 15) is 18.4 Å². The van der Waals surface area contributed by atoms with Gasteiger partial charge in [0.2, 0.25) is 12.3 Å². The van der Waals surface area contributed by atoms with Crippen molar-refractivity contribution >= 4 is 18.0 Å². The number of hydrogen-bond donors (Lipinski definition) is 1. The van der Waals surface area contributed by atoms with Crippen molar-refractivity contribution in [3.63, 3.8) is 0 Å². The number of benzene rings is 1. The lowest BCUT2D eigenvalue weighted by atomic mass is 10.2. The third-order valence-electron chi connectivity index (χ3n) is 3.40. The minimum atomic E-state index is -0.679. The summed E-state index contributed by atoms with van der Waals surface area (Å²) in [6.45, 7) is 2.38. The molecule has 21 heavy (non-hydrogen) atoms. The number of halogens is 2. The van der Waals surface area contributed by atoms with Gasteiger partial charge in [-0.05, 0) is 12.1 Å². The van der Waals surface area contributed by atoms with E-state index in [1.54, 1.807) is 9.80 Å². The molecule has 0 bridgehead atoms. The summed E-state index contributed by atoms with van der Waals surface area (Å²) in [7, 11) is 0. The van der Waals surface area contributed by atoms with Crippen molar-refractivity contribution in [1.29, 1.82) is 0 Å². The van der Waals surface area contributed by atoms with Crippen molar-refractivity contribution < 1.29 is 18.4 Å². The third kappa shape index (κ3) is 4.14. The zero-order valence-corrected chi connectivity index (χ0v) is 11.5. The lowest BCUT2D eigenvalue weighted by molar-refractivity contribution is -0.134. The molecule has 0 aromatic heterocycles. The maximum absolute atomic E-state index is 13.4. The molecular formula is C14H17F2N3O2. The molecule has 5 nitrogen and oxygen atoms in total. The Kier molecular flexibility index (Phi) is 5.08. The highest BCUT2D eigenvalue weighted by molar-refractivity contribution is 5.77. The van der Waals surface area contributed by atoms with E-state index in [2.05, 4.69) is 5.32 Å². The SMILES string of the molecule is O=CN1CCN(C(=O)CCNc2ccc(F)cc2F)CC1. The van der Waals surface area contributed by atoms with Crippen LogP contribution in [0, 0.1) is 11.6 Å². The molecule has 1 N–H and O–H groups in total. The van der Waals surface area contributed by atoms with Crippen molar-refractivity contribution in [1.82, 2.24) is 9.80 Å². The first-order chi connectivity index (χ1) is 10.1. The maximum atomic E-state index is 13.4. The molecule has 1 heterocycles. The molecule has 1 fully saturated rings. The summed E-state index contributed by atoms with van der Waals surface area (Å²) < 4.78 is 26.1. The van der Waals surface area contributed by atoms with Crippen LogP contribution in [0.15, 0.2) is 18.2 Å². The number of carbonyl (C=O) groups excluding carboxylic acids is 2. The first-order valence-corrected chi connectivity index (χ1v) is 6.76. The quantitative estimate of drug-likeness (QED) is 0.827. The minimum Gasteiger partial charge on any atom is -0.382 e. The zero-order chi connectivity index (χ0) is 15.2. The summed E-state index contributed by atoms with van der Waals surface area (Å²) in [4.78, 5) is 25.8. The van der Waals surface area contributed by atoms with E-state index in [1.165, 1.54) is 6.07 Å². The van der Waals surface area contributed by atoms with E-state index in [-0.39, 0.29) is 24.6 Å². The topological polar surface area (TPSA) is 52.7 Å². The molecule has 0 spiro atoms. The second-order valence-electron chi connectivity index (χ2n) is 4.82. The summed E-state index contributed by atoms with van der Waals surface area (Å²) in [5.74, 6) is -1.36. The minimum absolute atomic E-state index is 0.0458. The van der Waals surface area contributed by atoms with Crippen molar-refractivity contribution in [3.05, 3.63) is 29.8 Å². The summed E-state index contributed by atoms with van der Waals surface area (Å²) in [6, 6.07) is 3.26. The molecule has 1 aliphatic heterocycles. The van der Waals surface area contributed by atoms with Gasteiger partial charge in [0.1, 0.15) is 11.6 Å². The van der Waals surface area contributed by atoms with Gasteiger partial charge in [-0.2, -0.15) is 0 Å². The molecule has 2 rings (SSSR count). The van der Waals surface area contributed by atoms with Gasteiger partial charge in [-0.25, -0.2) is 8.78 Å². The second-order valence-corrected chi connectivity index (χ2v) is 4.82. The van der Waals surface area contributed by atoms with Gasteiger partial charge in [0.25, 0.3) is 0 Å². The zero-order valence-electron chi connectivity index (χ0n) is 11.5. The van der Waals surface area contributed by atoms with Crippen molar-refractivity contribution in [2.45, 2.75) is 6.42 Å². The molecule has 2 amide bonds. The van der Waals surface area contributed by atoms with E-state index >= 15 is 0 Å². The fourth-order valence-corrected chi connectivity index (χ4v) is 2.17. The molecule has 1 aromatic carbocycles. The third-order valence-corrected chi connectivity index (χ3v) is 3.40. The smallest absolute Gasteiger partial charge is 0.224 e. The van der Waals surface area contributed by atoms with Crippen LogP contribution in [0.25, 0.3) is 0 Å². The highest BCUT2D eigenvalue weighted by Gasteiger charge is 2.19. The highest BCUT2D eigenvalue weighted by atomic mass is 19.1. The molecular weight excluding hydrogens is 280 g/mol. The van der Waals surface area contributed by atoms with Crippen molar-refractivity contribution in [3.8, 4) is 0 Å². The van der Waals surface area contributed by atoms with E-state index in [0.29, 0.717) is 26.2 Å². The Balaban J connectivity index is 1.75. The molecule has 1 saturated heterocycles. The predicted octanol–water partition coefficient (Wildman–Crippen LogP) is 1.07. The Bertz CT molecular complexity index is 517. The van der Waals surface area contributed by atoms with E-state index in [1.807, 2.05) is 0 Å². The van der Waals surface area contributed by atoms with Gasteiger partial charge in [0.15, 0.2) is 0 Å². The lowest BCUT2D eigenvalue weighted by Gasteiger charge is -2.32. The summed E-state index contributed by atoms with van der Waals surface area (Å²) >= 11 is 0. The molecule has 7 heteroatoms. The number of amides is 2. The second kappa shape index (κ2) is 7.01. The monoisotopic (exact) mass is 297 g/mol. The van der Waals surface area contributed by atoms with Crippen molar-refractivity contribution in [2.24, 2.45) is 0 Å². The van der Waals surface area contributed by atoms with Crippen LogP contribution < -0.4 is 5.32 Å². The number of nitrogens with one attached hydrogen (secondary N) is 1. The molecule has 0 aliphatic carbocycles. The summed E-state index contributed by atoms with van der Waals surface area (Å²) in [5.41, 5.74) is 0.176. The number of hydrogen-bond acceptors (Lipinski definition) is 3. The van der Waals surface area contributed by atoms with E-state index < -0.39 is 11.6 Å². The summed E-state index contributed by atoms with van der Waals surface area (Å²) in [5, 5.41) is 2.77. The Morgan fingerprint density at radius 3 is 2.57 bits per heavy atom. The van der Waals surface area contributed by atoms with Gasteiger partial charge in [0, 0.05) is 45.2 Å². The number of piperazine rings is 1. The molecule has 1 aromatic rings. The van der Waals surface area contributed by atoms with Crippen LogP contribution in [-0.4, -0.2) is 54.8 Å². The van der Waals surface area contributed by atoms with Gasteiger partial charge >= 0.3 is 0 Å². The number of carbonyl (C=O) groups is 2. The van der Waals surface area contributed by atoms with Crippen LogP contribution in [-0.2, 0) is 9.59 Å². The molecule has 0 radical (unpaired) electrons. The molecule has 114 valence electrons. The predicted molar refractivity (Wildman–Crippen MR) is 73.7 cm³/mol. The summed E-state index contributed by atoms with van der Waals surface area (Å²) in [6.07, 6.45) is 0.999. The Morgan fingerprint density at radius 1 is 1.24 bits per heavy atom. The van der Waals surface area contributed by atoms with Gasteiger partial charge in [-0.3, -0.25) is 9.59 Å². The van der Waals surface area contributed by atoms with Gasteiger partial charge < -0.3 is 15.1 Å². The number of nitrogens with zero attached hydrogens (tertiary/aromatic N) is 2. The van der Waals surface area contributed by atoms with Crippen LogP contribution in [0.3, 0.4) is 0 Å². The standard InChI is InChI=1S/C14H17F2N3O2/c15-11-1-2-13(12(16)9-11)17-4-3-14(21)19-7-5-18(10-20)6-8-19/h1-2,9-10,17H,3-8H2. The molecule has 1 aliphatic rings. The van der Waals surface area contributed by atoms with Gasteiger partial charge in [0.05, 0.1) is 5.69 Å². The largest absolute Gasteiger partial charge is 0.382 e. The van der Waals surface area contributed by atoms with E-state index in [0.717, 1.165) is 18.5 Å². The fraction of sp³-hybridized carbons (Fsp3) is 0.429. The van der Waals surface area contributed by atoms with Gasteiger partial charge in [-0.1, -0.05) is 0 Å². The molecule has 0 atom stereocenters. The number of rotatable bonds is 5. The van der Waals surface area contributed by atoms with Crippen molar-refractivity contribution in [2.75, 3.05) is 38.0 Å². The van der Waals surface area contributed by atoms with E-state index in [4.69, 9.17) is 0 Å². The van der Waals surface area contributed by atoms with Crippen LogP contribution in [0.5, 0.6) is 0 Å². The number of anilines is 1. The average molecular weight is 297 g/mol. The average Bonchev–Trinajstić information content (AvgIpc) is 2.49. The Labute approximate surface area is 121 Å². The fourth-order valence-electron chi connectivity index (χ4n) is 2.17. The van der Waals surface area contributed by atoms with Crippen LogP contribution >= 0.6 is 0 Å². The first kappa shape index (κ1) is 15.2. The van der Waals surface area contributed by atoms with Gasteiger partial charge in [-0.15, -0.1) is 0 Å². The van der Waals surface area contributed by atoms with Crippen LogP contribution in [0.2, 0.25) is 0 Å². The molecule has 0 saturated carbocycles. The Hall–Kier alpha value is -2.18. The first-order valence-electron chi connectivity index (χ1n) is 6.76. The van der Waals surface area contributed by atoms with Crippen LogP contribution in [0.1, 0.15) is 6.42 Å². The van der Waals surface area contributed by atoms with Crippen LogP contribution in [0.4, 0.5) is 14.5 Å². The maximum Gasteiger partial charge on any atom is 0.224 e.